The standard InChI is InChI=1S/C18H23ClN4O4S2/c19-14-9-10-15(28-14)29(25,26)23-11-5-4-8-13(23)16(24)20-18-22-21-17(27-18)12-6-2-1-3-7-12/h9-10,12-13H,1-8,11H2,(H,20,22,24). The Hall–Kier alpha value is -1.49. The van der Waals surface area contributed by atoms with E-state index in [4.69, 9.17) is 16.0 Å². The monoisotopic (exact) mass is 458 g/mol. The summed E-state index contributed by atoms with van der Waals surface area (Å²) in [7, 11) is -3.80. The van der Waals surface area contributed by atoms with Crippen LogP contribution in [0.2, 0.25) is 4.34 Å². The minimum Gasteiger partial charge on any atom is -0.408 e. The number of aromatic nitrogens is 2. The third-order valence-corrected chi connectivity index (χ3v) is 9.10. The van der Waals surface area contributed by atoms with Gasteiger partial charge in [-0.15, -0.1) is 16.4 Å². The number of halogens is 1. The molecular weight excluding hydrogens is 436 g/mol. The Morgan fingerprint density at radius 3 is 2.62 bits per heavy atom. The van der Waals surface area contributed by atoms with Gasteiger partial charge in [0.05, 0.1) is 4.34 Å². The molecule has 1 N–H and O–H groups in total. The Kier molecular flexibility index (Phi) is 6.24. The van der Waals surface area contributed by atoms with Crippen molar-refractivity contribution >= 4 is 44.9 Å². The summed E-state index contributed by atoms with van der Waals surface area (Å²) in [5, 5.41) is 10.6. The average molecular weight is 459 g/mol. The summed E-state index contributed by atoms with van der Waals surface area (Å²) in [4.78, 5) is 12.9. The number of carbonyl (C=O) groups is 1. The van der Waals surface area contributed by atoms with Crippen molar-refractivity contribution in [3.05, 3.63) is 22.4 Å². The van der Waals surface area contributed by atoms with E-state index >= 15 is 0 Å². The molecule has 0 bridgehead atoms. The molecule has 2 aromatic heterocycles. The molecule has 1 amide bonds. The van der Waals surface area contributed by atoms with Crippen LogP contribution in [0.1, 0.15) is 63.2 Å². The summed E-state index contributed by atoms with van der Waals surface area (Å²) < 4.78 is 33.5. The van der Waals surface area contributed by atoms with E-state index in [9.17, 15) is 13.2 Å². The molecule has 4 rings (SSSR count). The van der Waals surface area contributed by atoms with Crippen molar-refractivity contribution in [2.24, 2.45) is 0 Å². The van der Waals surface area contributed by atoms with Crippen LogP contribution in [-0.4, -0.2) is 41.4 Å². The third kappa shape index (κ3) is 4.50. The number of hydrogen-bond donors (Lipinski definition) is 1. The molecule has 1 aliphatic heterocycles. The van der Waals surface area contributed by atoms with Crippen LogP contribution in [0.3, 0.4) is 0 Å². The second kappa shape index (κ2) is 8.71. The predicted octanol–water partition coefficient (Wildman–Crippen LogP) is 4.01. The fourth-order valence-electron chi connectivity index (χ4n) is 3.99. The van der Waals surface area contributed by atoms with Crippen LogP contribution in [0.15, 0.2) is 20.8 Å². The van der Waals surface area contributed by atoms with E-state index in [-0.39, 0.29) is 22.7 Å². The molecule has 0 radical (unpaired) electrons. The Balaban J connectivity index is 1.48. The van der Waals surface area contributed by atoms with Crippen molar-refractivity contribution in [3.63, 3.8) is 0 Å². The Morgan fingerprint density at radius 2 is 1.90 bits per heavy atom. The second-order valence-electron chi connectivity index (χ2n) is 7.46. The van der Waals surface area contributed by atoms with Gasteiger partial charge in [-0.3, -0.25) is 10.1 Å². The van der Waals surface area contributed by atoms with Crippen molar-refractivity contribution in [1.29, 1.82) is 0 Å². The van der Waals surface area contributed by atoms with Crippen LogP contribution in [0.5, 0.6) is 0 Å². The van der Waals surface area contributed by atoms with Crippen LogP contribution in [-0.2, 0) is 14.8 Å². The molecule has 11 heteroatoms. The quantitative estimate of drug-likeness (QED) is 0.725. The second-order valence-corrected chi connectivity index (χ2v) is 11.3. The molecule has 1 aliphatic carbocycles. The fraction of sp³-hybridized carbons (Fsp3) is 0.611. The zero-order valence-electron chi connectivity index (χ0n) is 15.8. The lowest BCUT2D eigenvalue weighted by molar-refractivity contribution is -0.120. The van der Waals surface area contributed by atoms with Gasteiger partial charge in [0.15, 0.2) is 0 Å². The van der Waals surface area contributed by atoms with Crippen LogP contribution < -0.4 is 5.32 Å². The molecule has 1 saturated carbocycles. The molecule has 8 nitrogen and oxygen atoms in total. The maximum absolute atomic E-state index is 13.0. The molecule has 1 saturated heterocycles. The average Bonchev–Trinajstić information content (AvgIpc) is 3.38. The van der Waals surface area contributed by atoms with E-state index in [1.54, 1.807) is 6.07 Å². The van der Waals surface area contributed by atoms with Crippen LogP contribution in [0, 0.1) is 0 Å². The molecule has 0 spiro atoms. The zero-order valence-corrected chi connectivity index (χ0v) is 18.2. The summed E-state index contributed by atoms with van der Waals surface area (Å²) in [6.07, 6.45) is 7.42. The first kappa shape index (κ1) is 20.8. The maximum atomic E-state index is 13.0. The summed E-state index contributed by atoms with van der Waals surface area (Å²) in [6.45, 7) is 0.285. The van der Waals surface area contributed by atoms with Gasteiger partial charge in [-0.05, 0) is 37.8 Å². The van der Waals surface area contributed by atoms with E-state index < -0.39 is 22.0 Å². The lowest BCUT2D eigenvalue weighted by atomic mass is 9.89. The van der Waals surface area contributed by atoms with Crippen LogP contribution in [0.25, 0.3) is 0 Å². The van der Waals surface area contributed by atoms with Gasteiger partial charge >= 0.3 is 6.01 Å². The molecular formula is C18H23ClN4O4S2. The number of piperidine rings is 1. The smallest absolute Gasteiger partial charge is 0.322 e. The van der Waals surface area contributed by atoms with Gasteiger partial charge in [-0.25, -0.2) is 8.42 Å². The van der Waals surface area contributed by atoms with Crippen molar-refractivity contribution < 1.29 is 17.6 Å². The summed E-state index contributed by atoms with van der Waals surface area (Å²) in [6, 6.07) is 2.22. The van der Waals surface area contributed by atoms with Gasteiger partial charge in [-0.1, -0.05) is 42.4 Å². The highest BCUT2D eigenvalue weighted by atomic mass is 35.5. The maximum Gasteiger partial charge on any atom is 0.322 e. The number of carbonyl (C=O) groups excluding carboxylic acids is 1. The predicted molar refractivity (Wildman–Crippen MR) is 110 cm³/mol. The zero-order chi connectivity index (χ0) is 20.4. The van der Waals surface area contributed by atoms with Crippen molar-refractivity contribution in [3.8, 4) is 0 Å². The SMILES string of the molecule is O=C(Nc1nnc(C2CCCCC2)o1)C1CCCCN1S(=O)(=O)c1ccc(Cl)s1. The number of thiophene rings is 1. The van der Waals surface area contributed by atoms with Gasteiger partial charge < -0.3 is 4.42 Å². The number of hydrogen-bond acceptors (Lipinski definition) is 7. The highest BCUT2D eigenvalue weighted by Gasteiger charge is 2.39. The van der Waals surface area contributed by atoms with E-state index in [1.165, 1.54) is 16.8 Å². The van der Waals surface area contributed by atoms with E-state index in [0.717, 1.165) is 43.4 Å². The topological polar surface area (TPSA) is 105 Å². The number of anilines is 1. The first-order chi connectivity index (χ1) is 13.9. The molecule has 158 valence electrons. The Labute approximate surface area is 178 Å². The molecule has 29 heavy (non-hydrogen) atoms. The van der Waals surface area contributed by atoms with Crippen LogP contribution in [0.4, 0.5) is 6.01 Å². The molecule has 2 fully saturated rings. The lowest BCUT2D eigenvalue weighted by Gasteiger charge is -2.32. The fourth-order valence-corrected chi connectivity index (χ4v) is 7.26. The Bertz CT molecular complexity index is 968. The van der Waals surface area contributed by atoms with Crippen molar-refractivity contribution in [2.75, 3.05) is 11.9 Å². The first-order valence-electron chi connectivity index (χ1n) is 9.86. The van der Waals surface area contributed by atoms with E-state index in [2.05, 4.69) is 15.5 Å². The van der Waals surface area contributed by atoms with Gasteiger partial charge in [-0.2, -0.15) is 4.31 Å². The first-order valence-corrected chi connectivity index (χ1v) is 12.5. The van der Waals surface area contributed by atoms with E-state index in [1.807, 2.05) is 0 Å². The van der Waals surface area contributed by atoms with Crippen molar-refractivity contribution in [1.82, 2.24) is 14.5 Å². The van der Waals surface area contributed by atoms with Gasteiger partial charge in [0.2, 0.25) is 11.8 Å². The van der Waals surface area contributed by atoms with Gasteiger partial charge in [0.1, 0.15) is 10.3 Å². The number of amides is 1. The number of rotatable bonds is 5. The minimum absolute atomic E-state index is 0.0256. The normalized spacial score (nSPS) is 21.9. The van der Waals surface area contributed by atoms with Gasteiger partial charge in [0.25, 0.3) is 10.0 Å². The van der Waals surface area contributed by atoms with Crippen LogP contribution >= 0.6 is 22.9 Å². The molecule has 1 unspecified atom stereocenters. The molecule has 3 heterocycles. The van der Waals surface area contributed by atoms with E-state index in [0.29, 0.717) is 23.1 Å². The molecule has 2 aromatic rings. The number of nitrogens with one attached hydrogen (secondary N) is 1. The summed E-state index contributed by atoms with van der Waals surface area (Å²) in [5.41, 5.74) is 0. The molecule has 2 aliphatic rings. The number of nitrogens with zero attached hydrogens (tertiary/aromatic N) is 3. The third-order valence-electron chi connectivity index (χ3n) is 5.49. The highest BCUT2D eigenvalue weighted by molar-refractivity contribution is 7.91. The van der Waals surface area contributed by atoms with Gasteiger partial charge in [0, 0.05) is 12.5 Å². The highest BCUT2D eigenvalue weighted by Crippen LogP contribution is 2.33. The molecule has 1 atom stereocenters. The lowest BCUT2D eigenvalue weighted by Crippen LogP contribution is -2.49. The van der Waals surface area contributed by atoms with Crippen molar-refractivity contribution in [2.45, 2.75) is 67.5 Å². The Morgan fingerprint density at radius 1 is 1.14 bits per heavy atom. The summed E-state index contributed by atoms with van der Waals surface area (Å²) in [5.74, 6) is 0.327. The molecule has 0 aromatic carbocycles. The number of sulfonamides is 1. The summed E-state index contributed by atoms with van der Waals surface area (Å²) >= 11 is 6.90. The minimum atomic E-state index is -3.80. The largest absolute Gasteiger partial charge is 0.408 e.